The maximum absolute atomic E-state index is 13.6. The third kappa shape index (κ3) is 4.81. The maximum atomic E-state index is 13.6. The molecular formula is C27H31FN2O3. The molecule has 0 aromatic heterocycles. The fraction of sp³-hybridized carbons (Fsp3) is 0.481. The number of urea groups is 1. The molecule has 3 atom stereocenters. The molecule has 0 saturated carbocycles. The first-order valence-electron chi connectivity index (χ1n) is 12.1. The van der Waals surface area contributed by atoms with Crippen molar-refractivity contribution in [3.8, 4) is 0 Å². The van der Waals surface area contributed by atoms with Gasteiger partial charge in [0, 0.05) is 44.4 Å². The molecule has 0 spiro atoms. The van der Waals surface area contributed by atoms with E-state index in [9.17, 15) is 14.0 Å². The van der Waals surface area contributed by atoms with E-state index in [4.69, 9.17) is 4.74 Å². The van der Waals surface area contributed by atoms with E-state index < -0.39 is 0 Å². The third-order valence-electron chi connectivity index (χ3n) is 7.55. The summed E-state index contributed by atoms with van der Waals surface area (Å²) < 4.78 is 19.2. The molecule has 174 valence electrons. The number of carbonyl (C=O) groups excluding carboxylic acids is 2. The summed E-state index contributed by atoms with van der Waals surface area (Å²) in [5.41, 5.74) is 2.36. The molecule has 33 heavy (non-hydrogen) atoms. The van der Waals surface area contributed by atoms with E-state index in [-0.39, 0.29) is 42.2 Å². The second-order valence-electron chi connectivity index (χ2n) is 9.63. The van der Waals surface area contributed by atoms with Gasteiger partial charge in [-0.15, -0.1) is 0 Å². The molecule has 6 heteroatoms. The molecule has 2 amide bonds. The number of benzene rings is 2. The molecule has 0 radical (unpaired) electrons. The Morgan fingerprint density at radius 1 is 0.909 bits per heavy atom. The van der Waals surface area contributed by atoms with Gasteiger partial charge in [-0.3, -0.25) is 4.79 Å². The lowest BCUT2D eigenvalue weighted by atomic mass is 9.76. The number of halogens is 1. The normalized spacial score (nSPS) is 24.9. The van der Waals surface area contributed by atoms with Crippen LogP contribution >= 0.6 is 0 Å². The highest BCUT2D eigenvalue weighted by molar-refractivity contribution is 5.81. The molecule has 5 nitrogen and oxygen atoms in total. The Balaban J connectivity index is 1.25. The minimum Gasteiger partial charge on any atom is -0.370 e. The van der Waals surface area contributed by atoms with Crippen LogP contribution < -0.4 is 0 Å². The summed E-state index contributed by atoms with van der Waals surface area (Å²) in [6.07, 6.45) is 3.25. The van der Waals surface area contributed by atoms with Crippen LogP contribution in [0.25, 0.3) is 0 Å². The van der Waals surface area contributed by atoms with Gasteiger partial charge in [0.1, 0.15) is 12.4 Å². The van der Waals surface area contributed by atoms with Gasteiger partial charge in [-0.2, -0.15) is 0 Å². The summed E-state index contributed by atoms with van der Waals surface area (Å²) in [6, 6.07) is 17.3. The van der Waals surface area contributed by atoms with E-state index in [2.05, 4.69) is 12.1 Å². The molecule has 0 bridgehead atoms. The van der Waals surface area contributed by atoms with Gasteiger partial charge in [-0.05, 0) is 48.4 Å². The van der Waals surface area contributed by atoms with Crippen LogP contribution in [0.4, 0.5) is 9.18 Å². The smallest absolute Gasteiger partial charge is 0.320 e. The Morgan fingerprint density at radius 2 is 1.58 bits per heavy atom. The number of hydrogen-bond donors (Lipinski definition) is 0. The van der Waals surface area contributed by atoms with Crippen LogP contribution in [-0.2, 0) is 9.53 Å². The number of Topliss-reactive ketones (excluding diaryl/α,β-unsaturated/α-hetero) is 1. The number of carbonyl (C=O) groups is 2. The summed E-state index contributed by atoms with van der Waals surface area (Å²) in [7, 11) is 0. The molecule has 0 N–H and O–H groups in total. The average Bonchev–Trinajstić information content (AvgIpc) is 2.85. The molecule has 3 aliphatic rings. The SMILES string of the molecule is O=C1CO[C@H]2CCN(C(=O)N3CCC([C@@H](c4ccccc4)c4ccc(F)cc4)CC3)C[C@H]2C1. The van der Waals surface area contributed by atoms with Crippen molar-refractivity contribution in [1.82, 2.24) is 9.80 Å². The third-order valence-corrected chi connectivity index (χ3v) is 7.55. The number of fused-ring (bicyclic) bond motifs is 1. The van der Waals surface area contributed by atoms with E-state index in [1.165, 1.54) is 17.7 Å². The molecule has 3 heterocycles. The zero-order valence-electron chi connectivity index (χ0n) is 18.9. The fourth-order valence-corrected chi connectivity index (χ4v) is 5.84. The monoisotopic (exact) mass is 450 g/mol. The number of amides is 2. The van der Waals surface area contributed by atoms with Crippen LogP contribution in [0.1, 0.15) is 42.7 Å². The van der Waals surface area contributed by atoms with Crippen molar-refractivity contribution in [1.29, 1.82) is 0 Å². The summed E-state index contributed by atoms with van der Waals surface area (Å²) in [5, 5.41) is 0. The first kappa shape index (κ1) is 22.1. The fourth-order valence-electron chi connectivity index (χ4n) is 5.84. The van der Waals surface area contributed by atoms with Gasteiger partial charge >= 0.3 is 6.03 Å². The van der Waals surface area contributed by atoms with Gasteiger partial charge < -0.3 is 14.5 Å². The van der Waals surface area contributed by atoms with Gasteiger partial charge in [0.2, 0.25) is 0 Å². The van der Waals surface area contributed by atoms with Crippen molar-refractivity contribution in [2.45, 2.75) is 37.7 Å². The number of piperidine rings is 2. The number of nitrogens with zero attached hydrogens (tertiary/aromatic N) is 2. The minimum atomic E-state index is -0.222. The number of likely N-dealkylation sites (tertiary alicyclic amines) is 2. The lowest BCUT2D eigenvalue weighted by Crippen LogP contribution is -2.54. The Morgan fingerprint density at radius 3 is 2.30 bits per heavy atom. The van der Waals surface area contributed by atoms with Crippen LogP contribution in [0.15, 0.2) is 54.6 Å². The van der Waals surface area contributed by atoms with Gasteiger partial charge in [0.15, 0.2) is 5.78 Å². The predicted octanol–water partition coefficient (Wildman–Crippen LogP) is 4.47. The first-order valence-corrected chi connectivity index (χ1v) is 12.1. The molecule has 3 fully saturated rings. The lowest BCUT2D eigenvalue weighted by Gasteiger charge is -2.43. The van der Waals surface area contributed by atoms with Crippen molar-refractivity contribution in [3.63, 3.8) is 0 Å². The van der Waals surface area contributed by atoms with Crippen LogP contribution in [0.3, 0.4) is 0 Å². The van der Waals surface area contributed by atoms with E-state index in [0.29, 0.717) is 38.5 Å². The minimum absolute atomic E-state index is 0.0861. The van der Waals surface area contributed by atoms with Crippen molar-refractivity contribution in [3.05, 3.63) is 71.5 Å². The van der Waals surface area contributed by atoms with Crippen LogP contribution in [0, 0.1) is 17.7 Å². The first-order chi connectivity index (χ1) is 16.1. The molecular weight excluding hydrogens is 419 g/mol. The Kier molecular flexibility index (Phi) is 6.45. The Hall–Kier alpha value is -2.73. The summed E-state index contributed by atoms with van der Waals surface area (Å²) >= 11 is 0. The Bertz CT molecular complexity index is 973. The van der Waals surface area contributed by atoms with E-state index in [1.54, 1.807) is 0 Å². The second kappa shape index (κ2) is 9.64. The number of ether oxygens (including phenoxy) is 1. The average molecular weight is 451 g/mol. The van der Waals surface area contributed by atoms with Crippen molar-refractivity contribution >= 4 is 11.8 Å². The van der Waals surface area contributed by atoms with Crippen LogP contribution in [0.5, 0.6) is 0 Å². The van der Waals surface area contributed by atoms with E-state index in [1.807, 2.05) is 40.1 Å². The molecule has 3 saturated heterocycles. The topological polar surface area (TPSA) is 49.9 Å². The second-order valence-corrected chi connectivity index (χ2v) is 9.63. The molecule has 2 aromatic rings. The summed E-state index contributed by atoms with van der Waals surface area (Å²) in [5.74, 6) is 0.614. The standard InChI is InChI=1S/C27H31FN2O3/c28-23-8-6-20(7-9-23)26(19-4-2-1-3-5-19)21-10-13-29(14-11-21)27(32)30-15-12-25-22(17-30)16-24(31)18-33-25/h1-9,21-22,25-26H,10-18H2/t22-,25+,26+/m1/s1. The van der Waals surface area contributed by atoms with Crippen LogP contribution in [0.2, 0.25) is 0 Å². The van der Waals surface area contributed by atoms with Crippen molar-refractivity contribution in [2.75, 3.05) is 32.8 Å². The van der Waals surface area contributed by atoms with Gasteiger partial charge in [0.25, 0.3) is 0 Å². The largest absolute Gasteiger partial charge is 0.370 e. The molecule has 2 aromatic carbocycles. The summed E-state index contributed by atoms with van der Waals surface area (Å²) in [4.78, 5) is 28.9. The highest BCUT2D eigenvalue weighted by atomic mass is 19.1. The number of ketones is 1. The molecule has 0 unspecified atom stereocenters. The number of rotatable bonds is 3. The van der Waals surface area contributed by atoms with E-state index in [0.717, 1.165) is 24.8 Å². The molecule has 5 rings (SSSR count). The summed E-state index contributed by atoms with van der Waals surface area (Å²) in [6.45, 7) is 2.95. The highest BCUT2D eigenvalue weighted by Crippen LogP contribution is 2.38. The van der Waals surface area contributed by atoms with Crippen molar-refractivity contribution in [2.24, 2.45) is 11.8 Å². The Labute approximate surface area is 194 Å². The van der Waals surface area contributed by atoms with Gasteiger partial charge in [-0.25, -0.2) is 9.18 Å². The zero-order chi connectivity index (χ0) is 22.8. The molecule has 3 aliphatic heterocycles. The maximum Gasteiger partial charge on any atom is 0.320 e. The van der Waals surface area contributed by atoms with Gasteiger partial charge in [-0.1, -0.05) is 42.5 Å². The van der Waals surface area contributed by atoms with E-state index >= 15 is 0 Å². The number of hydrogen-bond acceptors (Lipinski definition) is 3. The predicted molar refractivity (Wildman–Crippen MR) is 123 cm³/mol. The highest BCUT2D eigenvalue weighted by Gasteiger charge is 2.38. The zero-order valence-corrected chi connectivity index (χ0v) is 18.9. The van der Waals surface area contributed by atoms with Crippen LogP contribution in [-0.4, -0.2) is 60.5 Å². The molecule has 0 aliphatic carbocycles. The van der Waals surface area contributed by atoms with Crippen molar-refractivity contribution < 1.29 is 18.7 Å². The lowest BCUT2D eigenvalue weighted by molar-refractivity contribution is -0.140. The van der Waals surface area contributed by atoms with Gasteiger partial charge in [0.05, 0.1) is 6.10 Å². The quantitative estimate of drug-likeness (QED) is 0.693.